The van der Waals surface area contributed by atoms with Crippen molar-refractivity contribution in [1.29, 1.82) is 0 Å². The summed E-state index contributed by atoms with van der Waals surface area (Å²) in [5.41, 5.74) is 6.14. The van der Waals surface area contributed by atoms with Crippen LogP contribution in [0, 0.1) is 0 Å². The van der Waals surface area contributed by atoms with Gasteiger partial charge in [-0.3, -0.25) is 0 Å². The van der Waals surface area contributed by atoms with E-state index in [1.807, 2.05) is 0 Å². The van der Waals surface area contributed by atoms with Gasteiger partial charge in [-0.1, -0.05) is 42.8 Å². The van der Waals surface area contributed by atoms with Crippen LogP contribution in [0.2, 0.25) is 0 Å². The van der Waals surface area contributed by atoms with E-state index in [2.05, 4.69) is 36.4 Å². The topological polar surface area (TPSA) is 0 Å². The minimum absolute atomic E-state index is 1.28. The Balaban J connectivity index is 2.20. The second-order valence-corrected chi connectivity index (χ2v) is 4.49. The van der Waals surface area contributed by atoms with Gasteiger partial charge in [0.05, 0.1) is 0 Å². The van der Waals surface area contributed by atoms with E-state index in [-0.39, 0.29) is 0 Å². The average Bonchev–Trinajstić information content (AvgIpc) is 2.51. The first-order valence-corrected chi connectivity index (χ1v) is 5.95. The molecule has 0 nitrogen and oxygen atoms in total. The van der Waals surface area contributed by atoms with Gasteiger partial charge in [0.15, 0.2) is 0 Å². The van der Waals surface area contributed by atoms with Crippen LogP contribution < -0.4 is 0 Å². The number of hydrogen-bond acceptors (Lipinski definition) is 0. The zero-order valence-electron chi connectivity index (χ0n) is 9.00. The zero-order valence-corrected chi connectivity index (χ0v) is 9.00. The van der Waals surface area contributed by atoms with E-state index in [9.17, 15) is 0 Å². The number of fused-ring (bicyclic) bond motifs is 3. The molecule has 0 N–H and O–H groups in total. The molecule has 0 radical (unpaired) electrons. The van der Waals surface area contributed by atoms with Crippen molar-refractivity contribution < 1.29 is 0 Å². The molecule has 15 heavy (non-hydrogen) atoms. The zero-order chi connectivity index (χ0) is 10.1. The molecule has 0 spiro atoms. The fourth-order valence-corrected chi connectivity index (χ4v) is 2.72. The fourth-order valence-electron chi connectivity index (χ4n) is 2.72. The fraction of sp³-hybridized carbons (Fsp3) is 0.333. The van der Waals surface area contributed by atoms with Crippen LogP contribution in [-0.4, -0.2) is 0 Å². The molecule has 0 fully saturated rings. The molecule has 0 atom stereocenters. The van der Waals surface area contributed by atoms with Gasteiger partial charge < -0.3 is 0 Å². The van der Waals surface area contributed by atoms with E-state index in [1.165, 1.54) is 43.2 Å². The van der Waals surface area contributed by atoms with Crippen LogP contribution in [0.4, 0.5) is 0 Å². The van der Waals surface area contributed by atoms with Gasteiger partial charge in [0.25, 0.3) is 0 Å². The maximum Gasteiger partial charge on any atom is -0.0149 e. The SMILES string of the molecule is c1ccc2cc3c(c-2cc1)CCCCC3. The molecule has 3 aliphatic carbocycles. The van der Waals surface area contributed by atoms with E-state index in [4.69, 9.17) is 0 Å². The van der Waals surface area contributed by atoms with Crippen molar-refractivity contribution in [3.05, 3.63) is 47.5 Å². The maximum absolute atomic E-state index is 2.40. The van der Waals surface area contributed by atoms with Crippen LogP contribution in [0.3, 0.4) is 0 Å². The number of aryl methyl sites for hydroxylation is 1. The third kappa shape index (κ3) is 1.54. The van der Waals surface area contributed by atoms with Gasteiger partial charge in [0, 0.05) is 0 Å². The summed E-state index contributed by atoms with van der Waals surface area (Å²) < 4.78 is 0. The molecular weight excluding hydrogens is 180 g/mol. The molecule has 0 aromatic carbocycles. The Hall–Kier alpha value is -1.30. The van der Waals surface area contributed by atoms with Crippen molar-refractivity contribution in [2.75, 3.05) is 0 Å². The highest BCUT2D eigenvalue weighted by molar-refractivity contribution is 5.73. The van der Waals surface area contributed by atoms with Crippen molar-refractivity contribution in [1.82, 2.24) is 0 Å². The van der Waals surface area contributed by atoms with E-state index >= 15 is 0 Å². The maximum atomic E-state index is 2.40. The minimum Gasteiger partial charge on any atom is -0.0622 e. The summed E-state index contributed by atoms with van der Waals surface area (Å²) in [6.45, 7) is 0. The lowest BCUT2D eigenvalue weighted by atomic mass is 10.0. The van der Waals surface area contributed by atoms with Gasteiger partial charge in [-0.15, -0.1) is 0 Å². The first kappa shape index (κ1) is 8.96. The van der Waals surface area contributed by atoms with Gasteiger partial charge in [-0.05, 0) is 47.9 Å². The predicted molar refractivity (Wildman–Crippen MR) is 64.3 cm³/mol. The monoisotopic (exact) mass is 196 g/mol. The lowest BCUT2D eigenvalue weighted by Gasteiger charge is -2.00. The molecule has 3 aliphatic rings. The summed E-state index contributed by atoms with van der Waals surface area (Å²) in [7, 11) is 0. The molecule has 0 heteroatoms. The molecule has 0 saturated heterocycles. The molecule has 3 rings (SSSR count). The largest absolute Gasteiger partial charge is 0.0622 e. The van der Waals surface area contributed by atoms with Crippen LogP contribution in [0.15, 0.2) is 36.4 Å². The van der Waals surface area contributed by atoms with Crippen molar-refractivity contribution in [3.8, 4) is 11.1 Å². The Bertz CT molecular complexity index is 442. The smallest absolute Gasteiger partial charge is 0.0149 e. The lowest BCUT2D eigenvalue weighted by Crippen LogP contribution is -1.84. The van der Waals surface area contributed by atoms with E-state index in [1.54, 1.807) is 11.1 Å². The van der Waals surface area contributed by atoms with Crippen LogP contribution in [0.1, 0.15) is 30.4 Å². The average molecular weight is 196 g/mol. The quantitative estimate of drug-likeness (QED) is 0.557. The van der Waals surface area contributed by atoms with Gasteiger partial charge >= 0.3 is 0 Å². The second kappa shape index (κ2) is 3.69. The summed E-state index contributed by atoms with van der Waals surface area (Å²) in [4.78, 5) is 0. The number of hydrogen-bond donors (Lipinski definition) is 0. The van der Waals surface area contributed by atoms with Crippen LogP contribution in [0.5, 0.6) is 0 Å². The molecule has 0 aromatic heterocycles. The van der Waals surface area contributed by atoms with E-state index in [0.717, 1.165) is 0 Å². The molecule has 0 amide bonds. The molecule has 0 aliphatic heterocycles. The van der Waals surface area contributed by atoms with Crippen molar-refractivity contribution in [3.63, 3.8) is 0 Å². The summed E-state index contributed by atoms with van der Waals surface area (Å²) >= 11 is 0. The first-order valence-electron chi connectivity index (χ1n) is 5.95. The minimum atomic E-state index is 1.28. The molecule has 0 saturated carbocycles. The summed E-state index contributed by atoms with van der Waals surface area (Å²) in [5, 5.41) is 0. The van der Waals surface area contributed by atoms with Gasteiger partial charge in [0.2, 0.25) is 0 Å². The van der Waals surface area contributed by atoms with Crippen molar-refractivity contribution in [2.45, 2.75) is 32.1 Å². The van der Waals surface area contributed by atoms with Gasteiger partial charge in [0.1, 0.15) is 0 Å². The molecular formula is C15H16. The molecule has 0 unspecified atom stereocenters. The third-order valence-electron chi connectivity index (χ3n) is 3.49. The standard InChI is InChI=1S/C15H16/c1-3-7-12-11-13-8-4-2-6-10-15(13)14(12)9-5-1/h1,3,5,7,9,11H,2,4,6,8,10H2. The Kier molecular flexibility index (Phi) is 2.21. The highest BCUT2D eigenvalue weighted by Crippen LogP contribution is 2.34. The molecule has 0 bridgehead atoms. The normalized spacial score (nSPS) is 16.0. The third-order valence-corrected chi connectivity index (χ3v) is 3.49. The van der Waals surface area contributed by atoms with Gasteiger partial charge in [-0.2, -0.15) is 0 Å². The molecule has 0 heterocycles. The Morgan fingerprint density at radius 3 is 2.67 bits per heavy atom. The predicted octanol–water partition coefficient (Wildman–Crippen LogP) is 4.06. The van der Waals surface area contributed by atoms with Gasteiger partial charge in [-0.25, -0.2) is 0 Å². The summed E-state index contributed by atoms with van der Waals surface area (Å²) in [6, 6.07) is 13.3. The molecule has 76 valence electrons. The highest BCUT2D eigenvalue weighted by atomic mass is 14.2. The second-order valence-electron chi connectivity index (χ2n) is 4.49. The molecule has 0 aromatic rings. The highest BCUT2D eigenvalue weighted by Gasteiger charge is 2.16. The van der Waals surface area contributed by atoms with E-state index in [0.29, 0.717) is 0 Å². The number of rotatable bonds is 0. The van der Waals surface area contributed by atoms with Crippen LogP contribution >= 0.6 is 0 Å². The Labute approximate surface area is 91.3 Å². The van der Waals surface area contributed by atoms with Crippen molar-refractivity contribution >= 4 is 0 Å². The van der Waals surface area contributed by atoms with Crippen molar-refractivity contribution in [2.24, 2.45) is 0 Å². The first-order chi connectivity index (χ1) is 7.45. The Morgan fingerprint density at radius 2 is 1.67 bits per heavy atom. The lowest BCUT2D eigenvalue weighted by molar-refractivity contribution is 0.711. The van der Waals surface area contributed by atoms with Crippen LogP contribution in [0.25, 0.3) is 11.1 Å². The van der Waals surface area contributed by atoms with Crippen LogP contribution in [-0.2, 0) is 12.8 Å². The summed E-state index contributed by atoms with van der Waals surface area (Å²) in [6.07, 6.45) is 6.70. The van der Waals surface area contributed by atoms with E-state index < -0.39 is 0 Å². The Morgan fingerprint density at radius 1 is 0.800 bits per heavy atom. The summed E-state index contributed by atoms with van der Waals surface area (Å²) in [5.74, 6) is 0.